The fourth-order valence-corrected chi connectivity index (χ4v) is 3.21. The number of thiophene rings is 1. The number of nitrogens with one attached hydrogen (secondary N) is 1. The Balaban J connectivity index is 2.25. The number of nitrogens with two attached hydrogens (primary N) is 1. The van der Waals surface area contributed by atoms with Gasteiger partial charge in [-0.2, -0.15) is 0 Å². The molecule has 0 aromatic carbocycles. The number of nitrogen functional groups attached to an aromatic ring is 1. The molecule has 0 saturated heterocycles. The lowest BCUT2D eigenvalue weighted by Crippen LogP contribution is -2.10. The molecule has 0 unspecified atom stereocenters. The van der Waals surface area contributed by atoms with E-state index in [0.717, 1.165) is 25.8 Å². The summed E-state index contributed by atoms with van der Waals surface area (Å²) in [6, 6.07) is 0. The van der Waals surface area contributed by atoms with Crippen molar-refractivity contribution in [3.63, 3.8) is 0 Å². The predicted octanol–water partition coefficient (Wildman–Crippen LogP) is 3.17. The highest BCUT2D eigenvalue weighted by atomic mass is 32.1. The number of carbonyl (C=O) groups is 2. The van der Waals surface area contributed by atoms with Crippen molar-refractivity contribution in [2.24, 2.45) is 11.8 Å². The van der Waals surface area contributed by atoms with Crippen molar-refractivity contribution in [1.82, 2.24) is 0 Å². The van der Waals surface area contributed by atoms with Crippen molar-refractivity contribution in [3.05, 3.63) is 10.4 Å². The van der Waals surface area contributed by atoms with Crippen molar-refractivity contribution in [2.45, 2.75) is 33.1 Å². The molecule has 21 heavy (non-hydrogen) atoms. The molecule has 3 N–H and O–H groups in total. The van der Waals surface area contributed by atoms with E-state index in [0.29, 0.717) is 21.4 Å². The Morgan fingerprint density at radius 3 is 2.62 bits per heavy atom. The molecule has 0 amide bonds. The van der Waals surface area contributed by atoms with Gasteiger partial charge in [0.2, 0.25) is 0 Å². The highest BCUT2D eigenvalue weighted by Crippen LogP contribution is 2.42. The maximum absolute atomic E-state index is 12.2. The minimum Gasteiger partial charge on any atom is -0.465 e. The zero-order valence-electron chi connectivity index (χ0n) is 12.7. The van der Waals surface area contributed by atoms with Crippen molar-refractivity contribution >= 4 is 33.8 Å². The van der Waals surface area contributed by atoms with Gasteiger partial charge in [0.25, 0.3) is 0 Å². The van der Waals surface area contributed by atoms with E-state index in [9.17, 15) is 9.59 Å². The Hall–Kier alpha value is -1.56. The summed E-state index contributed by atoms with van der Waals surface area (Å²) in [5.74, 6) is 0.203. The zero-order chi connectivity index (χ0) is 15.6. The molecule has 0 spiro atoms. The number of ketones is 1. The van der Waals surface area contributed by atoms with Crippen LogP contribution in [0, 0.1) is 11.8 Å². The number of anilines is 2. The number of carbonyl (C=O) groups excluding carboxylic acids is 2. The van der Waals surface area contributed by atoms with Crippen LogP contribution < -0.4 is 11.1 Å². The van der Waals surface area contributed by atoms with Gasteiger partial charge in [-0.25, -0.2) is 4.79 Å². The van der Waals surface area contributed by atoms with E-state index in [4.69, 9.17) is 10.5 Å². The Labute approximate surface area is 128 Å². The van der Waals surface area contributed by atoms with Gasteiger partial charge < -0.3 is 15.8 Å². The van der Waals surface area contributed by atoms with Crippen LogP contribution in [-0.4, -0.2) is 25.4 Å². The van der Waals surface area contributed by atoms with Crippen LogP contribution in [0.1, 0.15) is 53.1 Å². The average molecular weight is 310 g/mol. The molecule has 116 valence electrons. The number of hydrogen-bond donors (Lipinski definition) is 2. The number of methoxy groups -OCH3 is 1. The van der Waals surface area contributed by atoms with Crippen LogP contribution in [0.2, 0.25) is 0 Å². The Kier molecular flexibility index (Phi) is 4.88. The van der Waals surface area contributed by atoms with E-state index in [1.165, 1.54) is 18.4 Å². The molecule has 0 atom stereocenters. The molecule has 0 radical (unpaired) electrons. The van der Waals surface area contributed by atoms with Gasteiger partial charge in [0, 0.05) is 12.5 Å². The normalized spacial score (nSPS) is 14.3. The quantitative estimate of drug-likeness (QED) is 0.597. The second-order valence-corrected chi connectivity index (χ2v) is 6.81. The molecule has 2 rings (SSSR count). The molecule has 1 fully saturated rings. The van der Waals surface area contributed by atoms with Crippen LogP contribution in [-0.2, 0) is 4.74 Å². The summed E-state index contributed by atoms with van der Waals surface area (Å²) in [4.78, 5) is 24.7. The van der Waals surface area contributed by atoms with Crippen molar-refractivity contribution < 1.29 is 14.3 Å². The Morgan fingerprint density at radius 1 is 1.43 bits per heavy atom. The van der Waals surface area contributed by atoms with Gasteiger partial charge >= 0.3 is 5.97 Å². The lowest BCUT2D eigenvalue weighted by molar-refractivity contribution is 0.0603. The summed E-state index contributed by atoms with van der Waals surface area (Å²) < 4.78 is 4.79. The summed E-state index contributed by atoms with van der Waals surface area (Å²) in [6.45, 7) is 5.00. The third kappa shape index (κ3) is 3.56. The third-order valence-electron chi connectivity index (χ3n) is 3.51. The molecule has 0 aliphatic heterocycles. The van der Waals surface area contributed by atoms with Crippen LogP contribution in [0.5, 0.6) is 0 Å². The summed E-state index contributed by atoms with van der Waals surface area (Å²) in [5, 5.41) is 3.86. The Morgan fingerprint density at radius 2 is 2.10 bits per heavy atom. The monoisotopic (exact) mass is 310 g/mol. The molecule has 0 bridgehead atoms. The fourth-order valence-electron chi connectivity index (χ4n) is 2.06. The van der Waals surface area contributed by atoms with Gasteiger partial charge in [-0.1, -0.05) is 13.8 Å². The minimum absolute atomic E-state index is 0.0552. The van der Waals surface area contributed by atoms with Crippen LogP contribution in [0.25, 0.3) is 0 Å². The lowest BCUT2D eigenvalue weighted by Gasteiger charge is -2.08. The van der Waals surface area contributed by atoms with E-state index in [-0.39, 0.29) is 17.4 Å². The highest BCUT2D eigenvalue weighted by molar-refractivity contribution is 7.19. The fraction of sp³-hybridized carbons (Fsp3) is 0.600. The molecule has 1 aliphatic carbocycles. The van der Waals surface area contributed by atoms with Gasteiger partial charge in [0.15, 0.2) is 5.78 Å². The second kappa shape index (κ2) is 6.47. The number of esters is 1. The minimum atomic E-state index is -0.495. The number of ether oxygens (including phenoxy) is 1. The standard InChI is InChI=1S/C15H22N2O3S/c1-8(2)6-7-17-14-10(15(19)20-3)11(16)13(21-14)12(18)9-4-5-9/h8-9,17H,4-7,16H2,1-3H3. The summed E-state index contributed by atoms with van der Waals surface area (Å²) in [7, 11) is 1.32. The first-order chi connectivity index (χ1) is 9.95. The first-order valence-electron chi connectivity index (χ1n) is 7.24. The molecule has 5 nitrogen and oxygen atoms in total. The van der Waals surface area contributed by atoms with Crippen LogP contribution >= 0.6 is 11.3 Å². The molecule has 1 aromatic rings. The predicted molar refractivity (Wildman–Crippen MR) is 85.1 cm³/mol. The third-order valence-corrected chi connectivity index (χ3v) is 4.69. The maximum atomic E-state index is 12.2. The van der Waals surface area contributed by atoms with E-state index >= 15 is 0 Å². The maximum Gasteiger partial charge on any atom is 0.343 e. The molecule has 6 heteroatoms. The highest BCUT2D eigenvalue weighted by Gasteiger charge is 2.35. The van der Waals surface area contributed by atoms with E-state index < -0.39 is 5.97 Å². The topological polar surface area (TPSA) is 81.4 Å². The molecule has 1 aromatic heterocycles. The smallest absolute Gasteiger partial charge is 0.343 e. The second-order valence-electron chi connectivity index (χ2n) is 5.79. The summed E-state index contributed by atoms with van der Waals surface area (Å²) in [6.07, 6.45) is 2.81. The average Bonchev–Trinajstić information content (AvgIpc) is 3.22. The van der Waals surface area contributed by atoms with Crippen LogP contribution in [0.15, 0.2) is 0 Å². The van der Waals surface area contributed by atoms with Crippen LogP contribution in [0.4, 0.5) is 10.7 Å². The number of Topliss-reactive ketones (excluding diaryl/α,β-unsaturated/α-hetero) is 1. The molecule has 1 heterocycles. The SMILES string of the molecule is COC(=O)c1c(NCCC(C)C)sc(C(=O)C2CC2)c1N. The number of rotatable bonds is 7. The number of hydrogen-bond acceptors (Lipinski definition) is 6. The van der Waals surface area contributed by atoms with Crippen molar-refractivity contribution in [1.29, 1.82) is 0 Å². The Bertz CT molecular complexity index is 547. The first kappa shape index (κ1) is 15.8. The molecular weight excluding hydrogens is 288 g/mol. The van der Waals surface area contributed by atoms with E-state index in [1.54, 1.807) is 0 Å². The molecule has 1 aliphatic rings. The van der Waals surface area contributed by atoms with Gasteiger partial charge in [-0.3, -0.25) is 4.79 Å². The van der Waals surface area contributed by atoms with E-state index in [2.05, 4.69) is 19.2 Å². The lowest BCUT2D eigenvalue weighted by atomic mass is 10.1. The van der Waals surface area contributed by atoms with Gasteiger partial charge in [0.05, 0.1) is 17.7 Å². The van der Waals surface area contributed by atoms with Gasteiger partial charge in [-0.05, 0) is 25.2 Å². The summed E-state index contributed by atoms with van der Waals surface area (Å²) in [5.41, 5.74) is 6.59. The molecule has 1 saturated carbocycles. The van der Waals surface area contributed by atoms with Gasteiger partial charge in [-0.15, -0.1) is 11.3 Å². The zero-order valence-corrected chi connectivity index (χ0v) is 13.5. The van der Waals surface area contributed by atoms with Crippen molar-refractivity contribution in [3.8, 4) is 0 Å². The first-order valence-corrected chi connectivity index (χ1v) is 8.06. The van der Waals surface area contributed by atoms with Crippen molar-refractivity contribution in [2.75, 3.05) is 24.7 Å². The van der Waals surface area contributed by atoms with Crippen LogP contribution in [0.3, 0.4) is 0 Å². The largest absolute Gasteiger partial charge is 0.465 e. The van der Waals surface area contributed by atoms with Gasteiger partial charge in [0.1, 0.15) is 10.6 Å². The summed E-state index contributed by atoms with van der Waals surface area (Å²) >= 11 is 1.27. The van der Waals surface area contributed by atoms with E-state index in [1.807, 2.05) is 0 Å². The molecular formula is C15H22N2O3S.